The van der Waals surface area contributed by atoms with E-state index in [1.807, 2.05) is 29.6 Å². The SMILES string of the molecule is CCOC(=O)C(Cc1ccc2sccc2c1)(NC(C)=O)C(=O)OCC. The molecule has 1 aromatic carbocycles. The highest BCUT2D eigenvalue weighted by atomic mass is 32.1. The minimum Gasteiger partial charge on any atom is -0.464 e. The molecule has 0 radical (unpaired) electrons. The van der Waals surface area contributed by atoms with Crippen LogP contribution >= 0.6 is 11.3 Å². The van der Waals surface area contributed by atoms with Crippen LogP contribution in [0.5, 0.6) is 0 Å². The lowest BCUT2D eigenvalue weighted by molar-refractivity contribution is -0.168. The summed E-state index contributed by atoms with van der Waals surface area (Å²) in [5.41, 5.74) is -1.18. The number of amides is 1. The summed E-state index contributed by atoms with van der Waals surface area (Å²) in [7, 11) is 0. The third-order valence-corrected chi connectivity index (χ3v) is 4.52. The molecule has 0 atom stereocenters. The summed E-state index contributed by atoms with van der Waals surface area (Å²) in [6.07, 6.45) is -0.0456. The normalized spacial score (nSPS) is 11.2. The van der Waals surface area contributed by atoms with Gasteiger partial charge < -0.3 is 14.8 Å². The van der Waals surface area contributed by atoms with Crippen LogP contribution in [0.4, 0.5) is 0 Å². The van der Waals surface area contributed by atoms with Crippen LogP contribution in [0.1, 0.15) is 26.3 Å². The number of carbonyl (C=O) groups is 3. The van der Waals surface area contributed by atoms with Gasteiger partial charge in [-0.3, -0.25) is 4.79 Å². The number of esters is 2. The molecular weight excluding hydrogens is 342 g/mol. The number of hydrogen-bond acceptors (Lipinski definition) is 6. The molecule has 0 saturated heterocycles. The highest BCUT2D eigenvalue weighted by molar-refractivity contribution is 7.17. The first-order chi connectivity index (χ1) is 11.9. The molecule has 0 saturated carbocycles. The summed E-state index contributed by atoms with van der Waals surface area (Å²) in [6.45, 7) is 4.69. The Bertz CT molecular complexity index is 765. The van der Waals surface area contributed by atoms with E-state index in [1.165, 1.54) is 6.92 Å². The molecule has 0 spiro atoms. The lowest BCUT2D eigenvalue weighted by Crippen LogP contribution is -2.62. The van der Waals surface area contributed by atoms with E-state index in [1.54, 1.807) is 25.2 Å². The molecule has 25 heavy (non-hydrogen) atoms. The summed E-state index contributed by atoms with van der Waals surface area (Å²) in [6, 6.07) is 7.59. The number of rotatable bonds is 7. The van der Waals surface area contributed by atoms with Crippen molar-refractivity contribution in [1.29, 1.82) is 0 Å². The van der Waals surface area contributed by atoms with E-state index >= 15 is 0 Å². The first-order valence-electron chi connectivity index (χ1n) is 8.02. The number of fused-ring (bicyclic) bond motifs is 1. The van der Waals surface area contributed by atoms with Crippen LogP contribution < -0.4 is 5.32 Å². The van der Waals surface area contributed by atoms with Gasteiger partial charge in [0.15, 0.2) is 0 Å². The second-order valence-electron chi connectivity index (χ2n) is 5.50. The Morgan fingerprint density at radius 3 is 2.28 bits per heavy atom. The maximum absolute atomic E-state index is 12.6. The maximum atomic E-state index is 12.6. The van der Waals surface area contributed by atoms with Crippen LogP contribution in [0.2, 0.25) is 0 Å². The Kier molecular flexibility index (Phi) is 6.14. The Labute approximate surface area is 150 Å². The van der Waals surface area contributed by atoms with E-state index in [0.29, 0.717) is 0 Å². The van der Waals surface area contributed by atoms with E-state index in [2.05, 4.69) is 5.32 Å². The van der Waals surface area contributed by atoms with Gasteiger partial charge in [-0.15, -0.1) is 11.3 Å². The van der Waals surface area contributed by atoms with Gasteiger partial charge in [-0.05, 0) is 42.3 Å². The number of carbonyl (C=O) groups excluding carboxylic acids is 3. The van der Waals surface area contributed by atoms with Crippen molar-refractivity contribution in [1.82, 2.24) is 5.32 Å². The fourth-order valence-corrected chi connectivity index (χ4v) is 3.39. The van der Waals surface area contributed by atoms with E-state index in [-0.39, 0.29) is 19.6 Å². The standard InChI is InChI=1S/C18H21NO5S/c1-4-23-16(21)18(19-12(3)20,17(22)24-5-2)11-13-6-7-15-14(10-13)8-9-25-15/h6-10H,4-5,11H2,1-3H3,(H,19,20). The van der Waals surface area contributed by atoms with Gasteiger partial charge in [-0.2, -0.15) is 0 Å². The van der Waals surface area contributed by atoms with E-state index in [0.717, 1.165) is 15.6 Å². The number of thiophene rings is 1. The van der Waals surface area contributed by atoms with Crippen LogP contribution in [0.15, 0.2) is 29.6 Å². The zero-order valence-corrected chi connectivity index (χ0v) is 15.3. The Morgan fingerprint density at radius 2 is 1.72 bits per heavy atom. The first-order valence-corrected chi connectivity index (χ1v) is 8.90. The third-order valence-electron chi connectivity index (χ3n) is 3.62. The van der Waals surface area contributed by atoms with Gasteiger partial charge >= 0.3 is 11.9 Å². The van der Waals surface area contributed by atoms with Gasteiger partial charge in [0.1, 0.15) is 0 Å². The second-order valence-corrected chi connectivity index (χ2v) is 6.44. The molecule has 1 amide bonds. The number of nitrogens with one attached hydrogen (secondary N) is 1. The fraction of sp³-hybridized carbons (Fsp3) is 0.389. The molecule has 0 aliphatic rings. The molecule has 134 valence electrons. The Balaban J connectivity index is 2.47. The monoisotopic (exact) mass is 363 g/mol. The van der Waals surface area contributed by atoms with E-state index in [4.69, 9.17) is 9.47 Å². The van der Waals surface area contributed by atoms with Crippen molar-refractivity contribution in [2.45, 2.75) is 32.7 Å². The van der Waals surface area contributed by atoms with Crippen molar-refractivity contribution in [2.75, 3.05) is 13.2 Å². The van der Waals surface area contributed by atoms with Crippen molar-refractivity contribution in [2.24, 2.45) is 0 Å². The van der Waals surface area contributed by atoms with Crippen molar-refractivity contribution < 1.29 is 23.9 Å². The average molecular weight is 363 g/mol. The molecule has 0 aliphatic heterocycles. The molecule has 0 aliphatic carbocycles. The van der Waals surface area contributed by atoms with Gasteiger partial charge in [0.05, 0.1) is 13.2 Å². The summed E-state index contributed by atoms with van der Waals surface area (Å²) >= 11 is 1.60. The van der Waals surface area contributed by atoms with Crippen molar-refractivity contribution in [3.8, 4) is 0 Å². The largest absolute Gasteiger partial charge is 0.464 e. The molecule has 6 nitrogen and oxygen atoms in total. The molecule has 0 bridgehead atoms. The molecule has 2 rings (SSSR count). The zero-order valence-electron chi connectivity index (χ0n) is 14.5. The number of hydrogen-bond donors (Lipinski definition) is 1. The van der Waals surface area contributed by atoms with Gasteiger partial charge in [0.2, 0.25) is 11.4 Å². The van der Waals surface area contributed by atoms with Gasteiger partial charge in [-0.1, -0.05) is 12.1 Å². The van der Waals surface area contributed by atoms with E-state index in [9.17, 15) is 14.4 Å². The molecule has 2 aromatic rings. The van der Waals surface area contributed by atoms with Gasteiger partial charge in [0, 0.05) is 18.0 Å². The Hall–Kier alpha value is -2.41. The predicted octanol–water partition coefficient (Wildman–Crippen LogP) is 2.44. The zero-order chi connectivity index (χ0) is 18.4. The number of benzene rings is 1. The molecule has 1 N–H and O–H groups in total. The maximum Gasteiger partial charge on any atom is 0.344 e. The first kappa shape index (κ1) is 18.9. The van der Waals surface area contributed by atoms with Crippen LogP contribution in [0.3, 0.4) is 0 Å². The lowest BCUT2D eigenvalue weighted by Gasteiger charge is -2.29. The quantitative estimate of drug-likeness (QED) is 0.604. The predicted molar refractivity (Wildman–Crippen MR) is 95.3 cm³/mol. The van der Waals surface area contributed by atoms with Crippen molar-refractivity contribution >= 4 is 39.3 Å². The second kappa shape index (κ2) is 8.11. The number of ether oxygens (including phenoxy) is 2. The van der Waals surface area contributed by atoms with Crippen molar-refractivity contribution in [3.05, 3.63) is 35.2 Å². The summed E-state index contributed by atoms with van der Waals surface area (Å²) < 4.78 is 11.2. The molecule has 1 heterocycles. The molecule has 0 unspecified atom stereocenters. The van der Waals surface area contributed by atoms with Crippen LogP contribution in [-0.2, 0) is 30.3 Å². The van der Waals surface area contributed by atoms with Gasteiger partial charge in [-0.25, -0.2) is 9.59 Å². The van der Waals surface area contributed by atoms with Gasteiger partial charge in [0.25, 0.3) is 0 Å². The molecule has 1 aromatic heterocycles. The van der Waals surface area contributed by atoms with E-state index < -0.39 is 23.4 Å². The highest BCUT2D eigenvalue weighted by Crippen LogP contribution is 2.25. The van der Waals surface area contributed by atoms with Crippen molar-refractivity contribution in [3.63, 3.8) is 0 Å². The third kappa shape index (κ3) is 4.17. The molecule has 7 heteroatoms. The lowest BCUT2D eigenvalue weighted by atomic mass is 9.90. The van der Waals surface area contributed by atoms with Crippen LogP contribution in [0.25, 0.3) is 10.1 Å². The molecular formula is C18H21NO5S. The highest BCUT2D eigenvalue weighted by Gasteiger charge is 2.50. The Morgan fingerprint density at radius 1 is 1.08 bits per heavy atom. The summed E-state index contributed by atoms with van der Waals surface area (Å²) in [5, 5.41) is 5.44. The summed E-state index contributed by atoms with van der Waals surface area (Å²) in [5.74, 6) is -2.17. The smallest absolute Gasteiger partial charge is 0.344 e. The fourth-order valence-electron chi connectivity index (χ4n) is 2.62. The minimum atomic E-state index is -1.90. The summed E-state index contributed by atoms with van der Waals surface area (Å²) in [4.78, 5) is 36.9. The average Bonchev–Trinajstić information content (AvgIpc) is 3.01. The van der Waals surface area contributed by atoms with Crippen LogP contribution in [-0.4, -0.2) is 36.6 Å². The molecule has 0 fully saturated rings. The minimum absolute atomic E-state index is 0.0456. The topological polar surface area (TPSA) is 81.7 Å². The van der Waals surface area contributed by atoms with Crippen LogP contribution in [0, 0.1) is 0 Å².